The van der Waals surface area contributed by atoms with E-state index in [-0.39, 0.29) is 11.7 Å². The molecule has 6 heteroatoms. The molecule has 1 amide bonds. The van der Waals surface area contributed by atoms with E-state index in [9.17, 15) is 9.90 Å². The zero-order chi connectivity index (χ0) is 15.7. The van der Waals surface area contributed by atoms with Gasteiger partial charge in [-0.2, -0.15) is 0 Å². The molecule has 2 aromatic rings. The summed E-state index contributed by atoms with van der Waals surface area (Å²) in [4.78, 5) is 14.5. The van der Waals surface area contributed by atoms with Crippen molar-refractivity contribution in [2.24, 2.45) is 0 Å². The van der Waals surface area contributed by atoms with Gasteiger partial charge >= 0.3 is 0 Å². The van der Waals surface area contributed by atoms with Crippen LogP contribution in [0.4, 0.5) is 5.69 Å². The Morgan fingerprint density at radius 1 is 1.18 bits per heavy atom. The number of aromatic hydroxyl groups is 1. The Labute approximate surface area is 142 Å². The number of hydrogen-bond donors (Lipinski definition) is 1. The topological polar surface area (TPSA) is 40.5 Å². The molecule has 3 nitrogen and oxygen atoms in total. The summed E-state index contributed by atoms with van der Waals surface area (Å²) in [7, 11) is 0. The Morgan fingerprint density at radius 3 is 2.59 bits per heavy atom. The number of hydrogen-bond acceptors (Lipinski definition) is 4. The Balaban J connectivity index is 1.93. The van der Waals surface area contributed by atoms with Crippen LogP contribution in [0.3, 0.4) is 0 Å². The van der Waals surface area contributed by atoms with Gasteiger partial charge in [-0.25, -0.2) is 0 Å². The molecule has 0 aliphatic carbocycles. The number of rotatable bonds is 2. The van der Waals surface area contributed by atoms with Crippen LogP contribution in [-0.4, -0.2) is 15.3 Å². The quantitative estimate of drug-likeness (QED) is 0.643. The Morgan fingerprint density at radius 2 is 1.91 bits per heavy atom. The lowest BCUT2D eigenvalue weighted by Crippen LogP contribution is -2.27. The molecule has 3 rings (SSSR count). The van der Waals surface area contributed by atoms with Gasteiger partial charge in [0.15, 0.2) is 4.32 Å². The molecule has 1 aliphatic heterocycles. The monoisotopic (exact) mass is 347 g/mol. The fourth-order valence-electron chi connectivity index (χ4n) is 2.03. The van der Waals surface area contributed by atoms with Crippen LogP contribution in [0.1, 0.15) is 5.56 Å². The molecule has 2 aromatic carbocycles. The van der Waals surface area contributed by atoms with E-state index in [1.165, 1.54) is 22.7 Å². The number of carbonyl (C=O) groups excluding carboxylic acids is 1. The molecular weight excluding hydrogens is 338 g/mol. The highest BCUT2D eigenvalue weighted by molar-refractivity contribution is 8.27. The van der Waals surface area contributed by atoms with E-state index in [4.69, 9.17) is 23.8 Å². The van der Waals surface area contributed by atoms with Crippen LogP contribution in [0.5, 0.6) is 5.75 Å². The number of phenols is 1. The van der Waals surface area contributed by atoms with Gasteiger partial charge in [-0.15, -0.1) is 0 Å². The van der Waals surface area contributed by atoms with Gasteiger partial charge in [-0.05, 0) is 35.9 Å². The van der Waals surface area contributed by atoms with Crippen molar-refractivity contribution in [1.82, 2.24) is 0 Å². The second-order valence-corrected chi connectivity index (χ2v) is 6.70. The predicted octanol–water partition coefficient (Wildman–Crippen LogP) is 4.45. The minimum atomic E-state index is -0.199. The van der Waals surface area contributed by atoms with Crippen molar-refractivity contribution in [2.75, 3.05) is 4.90 Å². The summed E-state index contributed by atoms with van der Waals surface area (Å²) in [5.74, 6) is -0.108. The van der Waals surface area contributed by atoms with Crippen LogP contribution in [0.25, 0.3) is 6.08 Å². The molecule has 1 aliphatic rings. The number of phenolic OH excluding ortho intramolecular Hbond substituents is 1. The third-order valence-corrected chi connectivity index (χ3v) is 4.60. The number of nitrogens with zero attached hydrogens (tertiary/aromatic N) is 1. The van der Waals surface area contributed by atoms with Gasteiger partial charge in [0.25, 0.3) is 5.91 Å². The van der Waals surface area contributed by atoms with Crippen LogP contribution in [0.2, 0.25) is 5.02 Å². The van der Waals surface area contributed by atoms with Gasteiger partial charge < -0.3 is 5.11 Å². The van der Waals surface area contributed by atoms with Gasteiger partial charge in [0.05, 0.1) is 10.6 Å². The SMILES string of the molecule is O=C1C(=Cc2ccc(Cl)cc2)SC(=S)N1c1cccc(O)c1. The Bertz CT molecular complexity index is 787. The summed E-state index contributed by atoms with van der Waals surface area (Å²) < 4.78 is 0.441. The van der Waals surface area contributed by atoms with Gasteiger partial charge in [0, 0.05) is 11.1 Å². The number of thiocarbonyl (C=S) groups is 1. The number of benzene rings is 2. The van der Waals surface area contributed by atoms with E-state index in [0.29, 0.717) is 19.9 Å². The maximum absolute atomic E-state index is 12.5. The van der Waals surface area contributed by atoms with Crippen LogP contribution in [0.15, 0.2) is 53.4 Å². The Kier molecular flexibility index (Phi) is 4.20. The number of anilines is 1. The van der Waals surface area contributed by atoms with Gasteiger partial charge in [-0.1, -0.05) is 53.8 Å². The molecule has 0 atom stereocenters. The normalized spacial score (nSPS) is 16.6. The minimum absolute atomic E-state index is 0.0910. The predicted molar refractivity (Wildman–Crippen MR) is 95.2 cm³/mol. The summed E-state index contributed by atoms with van der Waals surface area (Å²) in [6.45, 7) is 0. The molecule has 0 saturated carbocycles. The van der Waals surface area contributed by atoms with Crippen molar-refractivity contribution in [2.45, 2.75) is 0 Å². The molecule has 0 bridgehead atoms. The first-order valence-corrected chi connectivity index (χ1v) is 7.97. The molecule has 0 unspecified atom stereocenters. The maximum Gasteiger partial charge on any atom is 0.270 e. The molecule has 1 N–H and O–H groups in total. The zero-order valence-electron chi connectivity index (χ0n) is 11.2. The lowest BCUT2D eigenvalue weighted by molar-refractivity contribution is -0.113. The van der Waals surface area contributed by atoms with Gasteiger partial charge in [-0.3, -0.25) is 9.69 Å². The first-order chi connectivity index (χ1) is 10.5. The van der Waals surface area contributed by atoms with Crippen LogP contribution < -0.4 is 4.90 Å². The highest BCUT2D eigenvalue weighted by atomic mass is 35.5. The largest absolute Gasteiger partial charge is 0.508 e. The van der Waals surface area contributed by atoms with E-state index in [1.54, 1.807) is 36.4 Å². The van der Waals surface area contributed by atoms with Crippen LogP contribution in [-0.2, 0) is 4.79 Å². The van der Waals surface area contributed by atoms with E-state index >= 15 is 0 Å². The van der Waals surface area contributed by atoms with Crippen molar-refractivity contribution in [1.29, 1.82) is 0 Å². The van der Waals surface area contributed by atoms with Crippen molar-refractivity contribution in [3.05, 3.63) is 64.0 Å². The third kappa shape index (κ3) is 3.02. The average Bonchev–Trinajstić information content (AvgIpc) is 2.76. The minimum Gasteiger partial charge on any atom is -0.508 e. The van der Waals surface area contributed by atoms with Crippen molar-refractivity contribution < 1.29 is 9.90 Å². The molecule has 0 spiro atoms. The highest BCUT2D eigenvalue weighted by Gasteiger charge is 2.33. The highest BCUT2D eigenvalue weighted by Crippen LogP contribution is 2.36. The molecule has 0 aromatic heterocycles. The Hall–Kier alpha value is -1.82. The molecular formula is C16H10ClNO2S2. The smallest absolute Gasteiger partial charge is 0.270 e. The summed E-state index contributed by atoms with van der Waals surface area (Å²) in [6, 6.07) is 13.7. The van der Waals surface area contributed by atoms with Crippen LogP contribution >= 0.6 is 35.6 Å². The molecule has 1 heterocycles. The summed E-state index contributed by atoms with van der Waals surface area (Å²) in [5, 5.41) is 10.2. The van der Waals surface area contributed by atoms with Crippen molar-refractivity contribution >= 4 is 57.6 Å². The number of thioether (sulfide) groups is 1. The van der Waals surface area contributed by atoms with E-state index in [1.807, 2.05) is 12.1 Å². The first-order valence-electron chi connectivity index (χ1n) is 6.37. The summed E-state index contributed by atoms with van der Waals surface area (Å²) in [6.07, 6.45) is 1.78. The second-order valence-electron chi connectivity index (χ2n) is 4.59. The summed E-state index contributed by atoms with van der Waals surface area (Å²) in [5.41, 5.74) is 1.43. The lowest BCUT2D eigenvalue weighted by Gasteiger charge is -2.14. The molecule has 110 valence electrons. The standard InChI is InChI=1S/C16H10ClNO2S2/c17-11-6-4-10(5-7-11)8-14-15(20)18(16(21)22-14)12-2-1-3-13(19)9-12/h1-9,19H. The van der Waals surface area contributed by atoms with E-state index < -0.39 is 0 Å². The van der Waals surface area contributed by atoms with Crippen LogP contribution in [0, 0.1) is 0 Å². The van der Waals surface area contributed by atoms with Gasteiger partial charge in [0.2, 0.25) is 0 Å². The fraction of sp³-hybridized carbons (Fsp3) is 0. The molecule has 1 fully saturated rings. The first kappa shape index (κ1) is 15.1. The molecule has 1 saturated heterocycles. The fourth-order valence-corrected chi connectivity index (χ4v) is 3.46. The number of amides is 1. The third-order valence-electron chi connectivity index (χ3n) is 3.05. The average molecular weight is 348 g/mol. The molecule has 0 radical (unpaired) electrons. The summed E-state index contributed by atoms with van der Waals surface area (Å²) >= 11 is 12.4. The van der Waals surface area contributed by atoms with E-state index in [2.05, 4.69) is 0 Å². The van der Waals surface area contributed by atoms with Crippen molar-refractivity contribution in [3.8, 4) is 5.75 Å². The number of carbonyl (C=O) groups is 1. The van der Waals surface area contributed by atoms with Gasteiger partial charge in [0.1, 0.15) is 5.75 Å². The lowest BCUT2D eigenvalue weighted by atomic mass is 10.2. The van der Waals surface area contributed by atoms with E-state index in [0.717, 1.165) is 5.56 Å². The van der Waals surface area contributed by atoms with Crippen molar-refractivity contribution in [3.63, 3.8) is 0 Å². The zero-order valence-corrected chi connectivity index (χ0v) is 13.6. The second kappa shape index (κ2) is 6.12. The molecule has 22 heavy (non-hydrogen) atoms. The maximum atomic E-state index is 12.5. The number of halogens is 1.